The molecule has 6 nitrogen and oxygen atoms in total. The lowest BCUT2D eigenvalue weighted by Crippen LogP contribution is -2.46. The van der Waals surface area contributed by atoms with Gasteiger partial charge < -0.3 is 20.3 Å². The maximum absolute atomic E-state index is 13.2. The molecule has 0 aromatic rings. The quantitative estimate of drug-likeness (QED) is 0.0245. The Labute approximate surface area is 402 Å². The molecule has 0 aromatic heterocycles. The van der Waals surface area contributed by atoms with E-state index in [1.165, 1.54) is 128 Å². The van der Waals surface area contributed by atoms with Crippen LogP contribution in [-0.4, -0.2) is 46.9 Å². The lowest BCUT2D eigenvalue weighted by atomic mass is 10.0. The number of hydrogen-bond acceptors (Lipinski definition) is 5. The Hall–Kier alpha value is -2.96. The van der Waals surface area contributed by atoms with Crippen LogP contribution in [0.25, 0.3) is 0 Å². The summed E-state index contributed by atoms with van der Waals surface area (Å²) in [5, 5.41) is 23.8. The van der Waals surface area contributed by atoms with Crippen molar-refractivity contribution >= 4 is 11.9 Å². The molecule has 0 fully saturated rings. The summed E-state index contributed by atoms with van der Waals surface area (Å²) < 4.78 is 5.90. The van der Waals surface area contributed by atoms with E-state index in [4.69, 9.17) is 4.74 Å². The highest BCUT2D eigenvalue weighted by Crippen LogP contribution is 2.17. The van der Waals surface area contributed by atoms with Crippen LogP contribution in [0, 0.1) is 0 Å². The summed E-state index contributed by atoms with van der Waals surface area (Å²) in [4.78, 5) is 26.2. The molecule has 65 heavy (non-hydrogen) atoms. The smallest absolute Gasteiger partial charge is 0.306 e. The molecule has 0 saturated heterocycles. The maximum Gasteiger partial charge on any atom is 0.306 e. The van der Waals surface area contributed by atoms with Crippen LogP contribution in [0.2, 0.25) is 0 Å². The van der Waals surface area contributed by atoms with Gasteiger partial charge in [-0.1, -0.05) is 247 Å². The molecule has 0 aliphatic carbocycles. The summed E-state index contributed by atoms with van der Waals surface area (Å²) in [7, 11) is 0. The summed E-state index contributed by atoms with van der Waals surface area (Å²) in [5.74, 6) is -0.558. The Morgan fingerprint density at radius 2 is 0.908 bits per heavy atom. The number of aliphatic hydroxyl groups excluding tert-OH is 2. The Bertz CT molecular complexity index is 1250. The molecule has 0 aliphatic rings. The highest BCUT2D eigenvalue weighted by molar-refractivity contribution is 5.77. The van der Waals surface area contributed by atoms with Crippen LogP contribution in [0.15, 0.2) is 85.1 Å². The van der Waals surface area contributed by atoms with Gasteiger partial charge in [0.05, 0.1) is 25.2 Å². The van der Waals surface area contributed by atoms with Gasteiger partial charge in [0.15, 0.2) is 0 Å². The second-order valence-corrected chi connectivity index (χ2v) is 18.3. The second-order valence-electron chi connectivity index (χ2n) is 18.3. The van der Waals surface area contributed by atoms with Gasteiger partial charge in [0, 0.05) is 6.42 Å². The first-order valence-electron chi connectivity index (χ1n) is 27.4. The summed E-state index contributed by atoms with van der Waals surface area (Å²) >= 11 is 0. The third-order valence-corrected chi connectivity index (χ3v) is 12.1. The number of rotatable bonds is 48. The average molecular weight is 906 g/mol. The number of aliphatic hydroxyl groups is 2. The van der Waals surface area contributed by atoms with E-state index in [9.17, 15) is 19.8 Å². The first-order chi connectivity index (χ1) is 32.0. The molecule has 3 N–H and O–H groups in total. The molecule has 0 heterocycles. The van der Waals surface area contributed by atoms with E-state index in [0.717, 1.165) is 77.0 Å². The van der Waals surface area contributed by atoms with E-state index in [1.54, 1.807) is 0 Å². The zero-order valence-corrected chi connectivity index (χ0v) is 42.6. The first-order valence-corrected chi connectivity index (χ1v) is 27.4. The van der Waals surface area contributed by atoms with E-state index >= 15 is 0 Å². The lowest BCUT2D eigenvalue weighted by molar-refractivity contribution is -0.151. The molecule has 3 unspecified atom stereocenters. The molecular weight excluding hydrogens is 803 g/mol. The number of nitrogens with one attached hydrogen (secondary N) is 1. The molecule has 0 aliphatic heterocycles. The average Bonchev–Trinajstić information content (AvgIpc) is 3.30. The van der Waals surface area contributed by atoms with Crippen molar-refractivity contribution in [3.63, 3.8) is 0 Å². The first kappa shape index (κ1) is 62.0. The van der Waals surface area contributed by atoms with Crippen molar-refractivity contribution in [2.45, 2.75) is 270 Å². The van der Waals surface area contributed by atoms with Gasteiger partial charge in [-0.05, 0) is 77.0 Å². The molecule has 0 spiro atoms. The number of carbonyl (C=O) groups is 2. The van der Waals surface area contributed by atoms with Gasteiger partial charge in [-0.25, -0.2) is 0 Å². The lowest BCUT2D eigenvalue weighted by Gasteiger charge is -2.24. The van der Waals surface area contributed by atoms with E-state index in [0.29, 0.717) is 19.3 Å². The number of ether oxygens (including phenoxy) is 1. The van der Waals surface area contributed by atoms with Crippen molar-refractivity contribution in [1.29, 1.82) is 0 Å². The Morgan fingerprint density at radius 1 is 0.477 bits per heavy atom. The molecule has 0 aromatic carbocycles. The van der Waals surface area contributed by atoms with Gasteiger partial charge in [-0.2, -0.15) is 0 Å². The number of allylic oxidation sites excluding steroid dienone is 14. The van der Waals surface area contributed by atoms with Crippen LogP contribution < -0.4 is 5.32 Å². The number of hydrogen-bond donors (Lipinski definition) is 3. The predicted molar refractivity (Wildman–Crippen MR) is 282 cm³/mol. The SMILES string of the molecule is CC/C=C/C=C/C=C\C=C/CCCC(CC(=O)NC(CO)C(O)CCCCCCCCCCCCCCCCCC)OC(=O)CCCCCCCC/C=C\C/C=C\C/C=C\CCCCC. The fourth-order valence-electron chi connectivity index (χ4n) is 7.92. The Kier molecular flexibility index (Phi) is 49.6. The van der Waals surface area contributed by atoms with E-state index in [2.05, 4.69) is 74.7 Å². The van der Waals surface area contributed by atoms with Gasteiger partial charge in [0.25, 0.3) is 0 Å². The molecule has 374 valence electrons. The zero-order valence-electron chi connectivity index (χ0n) is 42.6. The van der Waals surface area contributed by atoms with Crippen molar-refractivity contribution in [3.05, 3.63) is 85.1 Å². The summed E-state index contributed by atoms with van der Waals surface area (Å²) in [5.41, 5.74) is 0. The van der Waals surface area contributed by atoms with Crippen LogP contribution in [0.1, 0.15) is 252 Å². The second kappa shape index (κ2) is 52.0. The highest BCUT2D eigenvalue weighted by atomic mass is 16.5. The minimum absolute atomic E-state index is 0.0228. The Balaban J connectivity index is 4.56. The number of amides is 1. The Morgan fingerprint density at radius 3 is 1.45 bits per heavy atom. The van der Waals surface area contributed by atoms with Crippen LogP contribution in [0.4, 0.5) is 0 Å². The zero-order chi connectivity index (χ0) is 47.4. The summed E-state index contributed by atoms with van der Waals surface area (Å²) in [6.07, 6.45) is 68.0. The standard InChI is InChI=1S/C59H103NO5/c1-4-7-10-13-16-19-22-24-26-28-29-30-32-34-37-40-43-46-49-52-59(64)65-55(50-47-44-41-38-35-21-18-15-12-9-6-3)53-58(63)60-56(54-61)57(62)51-48-45-42-39-36-33-31-27-25-23-20-17-14-11-8-5-2/h9,12,15-16,18-19,21,24,26,29-30,35,38,41,55-57,61-62H,4-8,10-11,13-14,17,20,22-23,25,27-28,31-34,36-37,39-40,42-54H2,1-3H3,(H,60,63)/b12-9+,18-15+,19-16-,26-24-,30-29-,35-21-,41-38-. The van der Waals surface area contributed by atoms with Crippen LogP contribution in [0.5, 0.6) is 0 Å². The van der Waals surface area contributed by atoms with Crippen molar-refractivity contribution in [3.8, 4) is 0 Å². The van der Waals surface area contributed by atoms with Crippen LogP contribution >= 0.6 is 0 Å². The largest absolute Gasteiger partial charge is 0.462 e. The van der Waals surface area contributed by atoms with Crippen molar-refractivity contribution in [1.82, 2.24) is 5.32 Å². The van der Waals surface area contributed by atoms with Gasteiger partial charge >= 0.3 is 5.97 Å². The summed E-state index contributed by atoms with van der Waals surface area (Å²) in [6, 6.07) is -0.730. The van der Waals surface area contributed by atoms with E-state index < -0.39 is 18.2 Å². The molecule has 0 radical (unpaired) electrons. The van der Waals surface area contributed by atoms with E-state index in [-0.39, 0.29) is 24.9 Å². The van der Waals surface area contributed by atoms with Crippen LogP contribution in [-0.2, 0) is 14.3 Å². The predicted octanol–water partition coefficient (Wildman–Crippen LogP) is 16.7. The topological polar surface area (TPSA) is 95.9 Å². The number of carbonyl (C=O) groups excluding carboxylic acids is 2. The van der Waals surface area contributed by atoms with Crippen LogP contribution in [0.3, 0.4) is 0 Å². The minimum Gasteiger partial charge on any atom is -0.462 e. The van der Waals surface area contributed by atoms with E-state index in [1.807, 2.05) is 36.5 Å². The van der Waals surface area contributed by atoms with Crippen molar-refractivity contribution in [2.75, 3.05) is 6.61 Å². The van der Waals surface area contributed by atoms with Gasteiger partial charge in [0.1, 0.15) is 6.10 Å². The molecule has 0 rings (SSSR count). The third kappa shape index (κ3) is 47.3. The normalized spacial score (nSPS) is 13.9. The summed E-state index contributed by atoms with van der Waals surface area (Å²) in [6.45, 7) is 6.30. The van der Waals surface area contributed by atoms with Crippen molar-refractivity contribution < 1.29 is 24.5 Å². The highest BCUT2D eigenvalue weighted by Gasteiger charge is 2.24. The number of esters is 1. The van der Waals surface area contributed by atoms with Gasteiger partial charge in [-0.15, -0.1) is 0 Å². The fraction of sp³-hybridized carbons (Fsp3) is 0.729. The molecule has 1 amide bonds. The third-order valence-electron chi connectivity index (χ3n) is 12.1. The van der Waals surface area contributed by atoms with Gasteiger partial charge in [-0.3, -0.25) is 9.59 Å². The maximum atomic E-state index is 13.2. The van der Waals surface area contributed by atoms with Crippen molar-refractivity contribution in [2.24, 2.45) is 0 Å². The molecular formula is C59H103NO5. The molecule has 0 saturated carbocycles. The fourth-order valence-corrected chi connectivity index (χ4v) is 7.92. The molecule has 6 heteroatoms. The number of unbranched alkanes of at least 4 members (excludes halogenated alkanes) is 25. The monoisotopic (exact) mass is 906 g/mol. The molecule has 3 atom stereocenters. The van der Waals surface area contributed by atoms with Gasteiger partial charge in [0.2, 0.25) is 5.91 Å². The molecule has 0 bridgehead atoms. The minimum atomic E-state index is -0.811.